The van der Waals surface area contributed by atoms with Gasteiger partial charge in [-0.2, -0.15) is 0 Å². The van der Waals surface area contributed by atoms with E-state index in [1.54, 1.807) is 0 Å². The molecule has 0 saturated carbocycles. The number of aromatic hydroxyl groups is 4. The Bertz CT molecular complexity index is 2390. The Morgan fingerprint density at radius 2 is 1.30 bits per heavy atom. The van der Waals surface area contributed by atoms with Crippen molar-refractivity contribution in [2.75, 3.05) is 6.61 Å². The number of hydrogen-bond acceptors (Lipinski definition) is 22. The maximum Gasteiger partial charge on any atom is 0.330 e. The van der Waals surface area contributed by atoms with E-state index in [-0.39, 0.29) is 34.2 Å². The van der Waals surface area contributed by atoms with E-state index < -0.39 is 133 Å². The van der Waals surface area contributed by atoms with Crippen molar-refractivity contribution in [3.05, 3.63) is 76.5 Å². The van der Waals surface area contributed by atoms with Gasteiger partial charge in [0.15, 0.2) is 23.5 Å². The summed E-state index contributed by atoms with van der Waals surface area (Å²) >= 11 is 0. The van der Waals surface area contributed by atoms with E-state index in [0.717, 1.165) is 18.2 Å². The monoisotopic (exact) mass is 902 g/mol. The zero-order chi connectivity index (χ0) is 46.3. The van der Waals surface area contributed by atoms with Crippen LogP contribution in [0.15, 0.2) is 69.9 Å². The van der Waals surface area contributed by atoms with Gasteiger partial charge in [0.25, 0.3) is 0 Å². The molecule has 3 saturated heterocycles. The molecule has 15 atom stereocenters. The van der Waals surface area contributed by atoms with Crippen LogP contribution < -0.4 is 14.9 Å². The van der Waals surface area contributed by atoms with Gasteiger partial charge in [-0.25, -0.2) is 4.79 Å². The Labute approximate surface area is 361 Å². The lowest BCUT2D eigenvalue weighted by Crippen LogP contribution is -2.64. The fraction of sp³-hybridized carbons (Fsp3) is 0.429. The van der Waals surface area contributed by atoms with Crippen molar-refractivity contribution in [1.29, 1.82) is 0 Å². The Morgan fingerprint density at radius 3 is 1.98 bits per heavy atom. The van der Waals surface area contributed by atoms with Gasteiger partial charge < -0.3 is 98.9 Å². The van der Waals surface area contributed by atoms with Crippen LogP contribution >= 0.6 is 0 Å². The van der Waals surface area contributed by atoms with Crippen LogP contribution in [-0.4, -0.2) is 166 Å². The average molecular weight is 903 g/mol. The molecule has 0 amide bonds. The molecule has 3 fully saturated rings. The second-order valence-electron chi connectivity index (χ2n) is 15.4. The van der Waals surface area contributed by atoms with Crippen molar-refractivity contribution in [3.63, 3.8) is 0 Å². The fourth-order valence-corrected chi connectivity index (χ4v) is 7.19. The van der Waals surface area contributed by atoms with Crippen molar-refractivity contribution < 1.29 is 104 Å². The number of ether oxygens (including phenoxy) is 7. The molecule has 12 N–H and O–H groups in total. The smallest absolute Gasteiger partial charge is 0.330 e. The van der Waals surface area contributed by atoms with E-state index >= 15 is 0 Å². The zero-order valence-corrected chi connectivity index (χ0v) is 33.7. The molecule has 346 valence electrons. The summed E-state index contributed by atoms with van der Waals surface area (Å²) in [5.74, 6) is -3.86. The van der Waals surface area contributed by atoms with Gasteiger partial charge in [-0.15, -0.1) is 0 Å². The molecule has 0 spiro atoms. The Balaban J connectivity index is 1.12. The van der Waals surface area contributed by atoms with Crippen LogP contribution in [0.3, 0.4) is 0 Å². The van der Waals surface area contributed by atoms with Gasteiger partial charge in [0, 0.05) is 23.8 Å². The van der Waals surface area contributed by atoms with Crippen molar-refractivity contribution in [2.45, 2.75) is 106 Å². The zero-order valence-electron chi connectivity index (χ0n) is 33.7. The fourth-order valence-electron chi connectivity index (χ4n) is 7.19. The van der Waals surface area contributed by atoms with Gasteiger partial charge in [0.2, 0.25) is 23.8 Å². The van der Waals surface area contributed by atoms with Crippen LogP contribution in [0.4, 0.5) is 0 Å². The summed E-state index contributed by atoms with van der Waals surface area (Å²) in [5, 5.41) is 125. The summed E-state index contributed by atoms with van der Waals surface area (Å²) in [6, 6.07) is 11.1. The quantitative estimate of drug-likeness (QED) is 0.0477. The number of aliphatic hydroxyl groups is 8. The molecule has 22 nitrogen and oxygen atoms in total. The third kappa shape index (κ3) is 9.44. The standard InChI is InChI=1S/C42H46O22/c1-15-28(48)32(52)34(54)40(58-15)60-20-12-23(46)27-24(13-20)61-37(18-5-7-19(43)8-6-18)39(31(27)51)64-42-36(56)38(29(49)16(2)59-42)63-41-35(55)33(53)30(50)25(62-41)14-57-26(47)10-4-17-3-9-21(44)22(45)11-17/h3-13,15-16,25,28-30,32-36,38,40-46,48-50,52-56H,14H2,1-2H3/b10-4+/t15-,16-,25+,28-,29-,30+,32+,33-,34+,35+,36+,38+,40-,41-,42-/m0/s1. The lowest BCUT2D eigenvalue weighted by molar-refractivity contribution is -0.350. The SMILES string of the molecule is C[C@@H]1O[C@@H](Oc2cc(O)c3c(=O)c(O[C@@H]4O[C@@H](C)[C@H](O)[C@@H](O[C@@H]5O[C@H](COC(=O)/C=C/c6ccc(O)c(O)c6)[C@@H](O)[C@H](O)[C@H]5O)[C@H]4O)c(-c4ccc(O)cc4)oc3c2)[C@H](O)[C@H](O)[C@H]1O. The Kier molecular flexibility index (Phi) is 13.7. The molecule has 0 unspecified atom stereocenters. The number of aliphatic hydroxyl groups excluding tert-OH is 8. The van der Waals surface area contributed by atoms with Gasteiger partial charge >= 0.3 is 5.97 Å². The number of carbonyl (C=O) groups excluding carboxylic acids is 1. The van der Waals surface area contributed by atoms with Crippen LogP contribution in [0, 0.1) is 0 Å². The van der Waals surface area contributed by atoms with Crippen LogP contribution in [0.5, 0.6) is 34.5 Å². The number of benzene rings is 3. The molecule has 3 aliphatic heterocycles. The summed E-state index contributed by atoms with van der Waals surface area (Å²) in [6.45, 7) is 2.08. The topological polar surface area (TPSA) is 355 Å². The molecule has 0 bridgehead atoms. The summed E-state index contributed by atoms with van der Waals surface area (Å²) in [7, 11) is 0. The van der Waals surface area contributed by atoms with E-state index in [1.165, 1.54) is 62.4 Å². The number of phenolic OH excluding ortho intramolecular Hbond substituents is 4. The summed E-state index contributed by atoms with van der Waals surface area (Å²) in [5.41, 5.74) is -0.892. The number of carbonyl (C=O) groups is 1. The first-order chi connectivity index (χ1) is 30.3. The molecule has 22 heteroatoms. The summed E-state index contributed by atoms with van der Waals surface area (Å²) in [4.78, 5) is 26.7. The number of phenols is 4. The molecule has 7 rings (SSSR count). The summed E-state index contributed by atoms with van der Waals surface area (Å²) < 4.78 is 45.5. The van der Waals surface area contributed by atoms with Crippen LogP contribution in [0.25, 0.3) is 28.4 Å². The maximum absolute atomic E-state index is 14.3. The normalized spacial score (nSPS) is 33.2. The first kappa shape index (κ1) is 46.4. The minimum absolute atomic E-state index is 0.119. The van der Waals surface area contributed by atoms with Gasteiger partial charge in [0.1, 0.15) is 95.9 Å². The number of esters is 1. The number of hydrogen-bond donors (Lipinski definition) is 12. The minimum Gasteiger partial charge on any atom is -0.508 e. The van der Waals surface area contributed by atoms with Crippen molar-refractivity contribution in [3.8, 4) is 45.8 Å². The Hall–Kier alpha value is -5.60. The molecular formula is C42H46O22. The second-order valence-corrected chi connectivity index (χ2v) is 15.4. The molecule has 1 aromatic heterocycles. The van der Waals surface area contributed by atoms with Crippen molar-refractivity contribution in [1.82, 2.24) is 0 Å². The van der Waals surface area contributed by atoms with Gasteiger partial charge in [-0.1, -0.05) is 6.07 Å². The molecular weight excluding hydrogens is 856 g/mol. The highest BCUT2D eigenvalue weighted by Gasteiger charge is 2.51. The molecule has 4 aromatic rings. The Morgan fingerprint density at radius 1 is 0.656 bits per heavy atom. The largest absolute Gasteiger partial charge is 0.508 e. The highest BCUT2D eigenvalue weighted by atomic mass is 16.7. The van der Waals surface area contributed by atoms with Crippen molar-refractivity contribution in [2.24, 2.45) is 0 Å². The van der Waals surface area contributed by atoms with Crippen LogP contribution in [0.2, 0.25) is 0 Å². The molecule has 64 heavy (non-hydrogen) atoms. The van der Waals surface area contributed by atoms with Crippen LogP contribution in [0.1, 0.15) is 19.4 Å². The number of fused-ring (bicyclic) bond motifs is 1. The highest BCUT2D eigenvalue weighted by molar-refractivity contribution is 5.88. The van der Waals surface area contributed by atoms with E-state index in [1.807, 2.05) is 0 Å². The first-order valence-corrected chi connectivity index (χ1v) is 19.7. The van der Waals surface area contributed by atoms with E-state index in [2.05, 4.69) is 0 Å². The first-order valence-electron chi connectivity index (χ1n) is 19.7. The highest BCUT2D eigenvalue weighted by Crippen LogP contribution is 2.39. The molecule has 0 radical (unpaired) electrons. The molecule has 4 heterocycles. The van der Waals surface area contributed by atoms with Gasteiger partial charge in [-0.3, -0.25) is 4.79 Å². The van der Waals surface area contributed by atoms with Gasteiger partial charge in [0.05, 0.1) is 12.2 Å². The van der Waals surface area contributed by atoms with E-state index in [0.29, 0.717) is 5.56 Å². The average Bonchev–Trinajstić information content (AvgIpc) is 3.26. The van der Waals surface area contributed by atoms with Crippen molar-refractivity contribution >= 4 is 23.0 Å². The predicted octanol–water partition coefficient (Wildman–Crippen LogP) is -1.22. The molecule has 3 aliphatic rings. The van der Waals surface area contributed by atoms with Gasteiger partial charge in [-0.05, 0) is 61.9 Å². The molecule has 3 aromatic carbocycles. The second kappa shape index (κ2) is 18.9. The minimum atomic E-state index is -2.03. The third-order valence-electron chi connectivity index (χ3n) is 10.9. The van der Waals surface area contributed by atoms with E-state index in [9.17, 15) is 70.9 Å². The lowest BCUT2D eigenvalue weighted by atomic mass is 9.97. The molecule has 0 aliphatic carbocycles. The van der Waals surface area contributed by atoms with E-state index in [4.69, 9.17) is 37.6 Å². The number of rotatable bonds is 11. The summed E-state index contributed by atoms with van der Waals surface area (Å²) in [6.07, 6.45) is -22.9. The van der Waals surface area contributed by atoms with Crippen LogP contribution in [-0.2, 0) is 28.5 Å². The maximum atomic E-state index is 14.3. The lowest BCUT2D eigenvalue weighted by Gasteiger charge is -2.45. The predicted molar refractivity (Wildman–Crippen MR) is 213 cm³/mol. The third-order valence-corrected chi connectivity index (χ3v) is 10.9.